The van der Waals surface area contributed by atoms with E-state index in [-0.39, 0.29) is 11.9 Å². The van der Waals surface area contributed by atoms with E-state index >= 15 is 0 Å². The number of alkyl carbamates (subject to hydrolysis) is 1. The molecule has 10 heteroatoms. The van der Waals surface area contributed by atoms with Crippen molar-refractivity contribution in [3.05, 3.63) is 0 Å². The van der Waals surface area contributed by atoms with Crippen LogP contribution in [0.1, 0.15) is 33.6 Å². The molecule has 0 fully saturated rings. The molecule has 0 bridgehead atoms. The first kappa shape index (κ1) is 22.9. The normalized spacial score (nSPS) is 12.2. The first-order valence-electron chi connectivity index (χ1n) is 8.25. The Morgan fingerprint density at radius 2 is 1.72 bits per heavy atom. The summed E-state index contributed by atoms with van der Waals surface area (Å²) in [5.41, 5.74) is 15.6. The third-order valence-corrected chi connectivity index (χ3v) is 2.76. The summed E-state index contributed by atoms with van der Waals surface area (Å²) in [6, 6.07) is -0.608. The van der Waals surface area contributed by atoms with E-state index < -0.39 is 17.7 Å². The highest BCUT2D eigenvalue weighted by molar-refractivity contribution is 5.81. The molecular formula is C15H32N6O4. The Hall–Kier alpha value is -2.07. The molecule has 1 atom stereocenters. The Labute approximate surface area is 148 Å². The zero-order valence-electron chi connectivity index (χ0n) is 15.3. The van der Waals surface area contributed by atoms with Crippen LogP contribution in [0.15, 0.2) is 4.99 Å². The first-order valence-corrected chi connectivity index (χ1v) is 8.25. The largest absolute Gasteiger partial charge is 0.444 e. The summed E-state index contributed by atoms with van der Waals surface area (Å²) in [4.78, 5) is 26.9. The van der Waals surface area contributed by atoms with Crippen LogP contribution in [0.2, 0.25) is 0 Å². The summed E-state index contributed by atoms with van der Waals surface area (Å²) < 4.78 is 10.4. The topological polar surface area (TPSA) is 167 Å². The van der Waals surface area contributed by atoms with Crippen LogP contribution in [-0.4, -0.2) is 62.5 Å². The van der Waals surface area contributed by atoms with Gasteiger partial charge in [0.1, 0.15) is 5.60 Å². The number of nitrogens with zero attached hydrogens (tertiary/aromatic N) is 1. The van der Waals surface area contributed by atoms with Crippen molar-refractivity contribution >= 4 is 18.0 Å². The predicted molar refractivity (Wildman–Crippen MR) is 96.0 cm³/mol. The Bertz CT molecular complexity index is 432. The lowest BCUT2D eigenvalue weighted by Gasteiger charge is -2.19. The van der Waals surface area contributed by atoms with Crippen molar-refractivity contribution in [2.75, 3.05) is 32.8 Å². The third-order valence-electron chi connectivity index (χ3n) is 2.76. The van der Waals surface area contributed by atoms with Crippen LogP contribution in [0.25, 0.3) is 0 Å². The predicted octanol–water partition coefficient (Wildman–Crippen LogP) is -0.975. The van der Waals surface area contributed by atoms with Gasteiger partial charge in [-0.25, -0.2) is 4.79 Å². The quantitative estimate of drug-likeness (QED) is 0.179. The van der Waals surface area contributed by atoms with Crippen LogP contribution in [0.3, 0.4) is 0 Å². The maximum absolute atomic E-state index is 11.7. The second kappa shape index (κ2) is 12.3. The maximum atomic E-state index is 11.7. The van der Waals surface area contributed by atoms with Gasteiger partial charge in [0.05, 0.1) is 19.3 Å². The van der Waals surface area contributed by atoms with Crippen LogP contribution in [-0.2, 0) is 14.3 Å². The molecule has 0 aromatic carbocycles. The SMILES string of the molecule is CC(C)(C)OC(=O)NCCOCCNC(=O)[C@H](N)CCCN=C(N)N. The number of carbonyl (C=O) groups excluding carboxylic acids is 2. The fourth-order valence-electron chi connectivity index (χ4n) is 1.67. The fourth-order valence-corrected chi connectivity index (χ4v) is 1.67. The average Bonchev–Trinajstić information content (AvgIpc) is 2.48. The maximum Gasteiger partial charge on any atom is 0.407 e. The van der Waals surface area contributed by atoms with Gasteiger partial charge in [0.2, 0.25) is 5.91 Å². The van der Waals surface area contributed by atoms with E-state index in [9.17, 15) is 9.59 Å². The summed E-state index contributed by atoms with van der Waals surface area (Å²) in [5, 5.41) is 5.25. The van der Waals surface area contributed by atoms with E-state index in [1.165, 1.54) is 0 Å². The summed E-state index contributed by atoms with van der Waals surface area (Å²) in [5.74, 6) is -0.225. The first-order chi connectivity index (χ1) is 11.6. The van der Waals surface area contributed by atoms with E-state index in [2.05, 4.69) is 15.6 Å². The minimum absolute atomic E-state index is 0.0244. The molecule has 8 N–H and O–H groups in total. The molecule has 0 unspecified atom stereocenters. The van der Waals surface area contributed by atoms with Crippen LogP contribution >= 0.6 is 0 Å². The highest BCUT2D eigenvalue weighted by Gasteiger charge is 2.15. The lowest BCUT2D eigenvalue weighted by atomic mass is 10.1. The molecule has 0 spiro atoms. The Morgan fingerprint density at radius 1 is 1.12 bits per heavy atom. The van der Waals surface area contributed by atoms with Gasteiger partial charge in [-0.1, -0.05) is 0 Å². The molecule has 0 aromatic heterocycles. The minimum Gasteiger partial charge on any atom is -0.444 e. The number of hydrogen-bond acceptors (Lipinski definition) is 6. The van der Waals surface area contributed by atoms with E-state index in [4.69, 9.17) is 26.7 Å². The van der Waals surface area contributed by atoms with Crippen LogP contribution < -0.4 is 27.8 Å². The van der Waals surface area contributed by atoms with Gasteiger partial charge in [0.15, 0.2) is 5.96 Å². The van der Waals surface area contributed by atoms with Gasteiger partial charge < -0.3 is 37.3 Å². The number of hydrogen-bond donors (Lipinski definition) is 5. The van der Waals surface area contributed by atoms with Crippen molar-refractivity contribution in [2.24, 2.45) is 22.2 Å². The van der Waals surface area contributed by atoms with Crippen molar-refractivity contribution in [3.8, 4) is 0 Å². The average molecular weight is 360 g/mol. The molecule has 0 aromatic rings. The van der Waals surface area contributed by atoms with Crippen LogP contribution in [0.5, 0.6) is 0 Å². The monoisotopic (exact) mass is 360 g/mol. The number of amides is 2. The molecule has 25 heavy (non-hydrogen) atoms. The smallest absolute Gasteiger partial charge is 0.407 e. The second-order valence-electron chi connectivity index (χ2n) is 6.39. The number of carbonyl (C=O) groups is 2. The van der Waals surface area contributed by atoms with E-state index in [0.717, 1.165) is 0 Å². The number of nitrogens with two attached hydrogens (primary N) is 3. The van der Waals surface area contributed by atoms with Gasteiger partial charge in [0, 0.05) is 19.6 Å². The summed E-state index contributed by atoms with van der Waals surface area (Å²) >= 11 is 0. The zero-order chi connectivity index (χ0) is 19.3. The summed E-state index contributed by atoms with van der Waals surface area (Å²) in [6.45, 7) is 7.12. The van der Waals surface area contributed by atoms with Crippen LogP contribution in [0.4, 0.5) is 4.79 Å². The van der Waals surface area contributed by atoms with Crippen molar-refractivity contribution < 1.29 is 19.1 Å². The minimum atomic E-state index is -0.608. The molecule has 0 heterocycles. The highest BCUT2D eigenvalue weighted by Crippen LogP contribution is 2.05. The number of ether oxygens (including phenoxy) is 2. The van der Waals surface area contributed by atoms with E-state index in [0.29, 0.717) is 45.7 Å². The molecule has 0 aliphatic heterocycles. The molecule has 0 aliphatic rings. The number of rotatable bonds is 11. The Kier molecular flexibility index (Phi) is 11.3. The Balaban J connectivity index is 3.59. The van der Waals surface area contributed by atoms with Crippen LogP contribution in [0, 0.1) is 0 Å². The molecule has 2 amide bonds. The molecule has 10 nitrogen and oxygen atoms in total. The molecule has 146 valence electrons. The summed E-state index contributed by atoms with van der Waals surface area (Å²) in [7, 11) is 0. The lowest BCUT2D eigenvalue weighted by molar-refractivity contribution is -0.122. The van der Waals surface area contributed by atoms with Gasteiger partial charge in [-0.05, 0) is 33.6 Å². The van der Waals surface area contributed by atoms with Gasteiger partial charge in [0.25, 0.3) is 0 Å². The molecule has 0 saturated carbocycles. The molecular weight excluding hydrogens is 328 g/mol. The van der Waals surface area contributed by atoms with Gasteiger partial charge in [-0.3, -0.25) is 9.79 Å². The van der Waals surface area contributed by atoms with Gasteiger partial charge in [-0.2, -0.15) is 0 Å². The zero-order valence-corrected chi connectivity index (χ0v) is 15.3. The van der Waals surface area contributed by atoms with Crippen molar-refractivity contribution in [2.45, 2.75) is 45.3 Å². The second-order valence-corrected chi connectivity index (χ2v) is 6.39. The third kappa shape index (κ3) is 15.2. The van der Waals surface area contributed by atoms with E-state index in [1.807, 2.05) is 0 Å². The highest BCUT2D eigenvalue weighted by atomic mass is 16.6. The molecule has 0 aliphatic carbocycles. The van der Waals surface area contributed by atoms with Crippen molar-refractivity contribution in [1.29, 1.82) is 0 Å². The number of aliphatic imine (C=N–C) groups is 1. The number of guanidine groups is 1. The van der Waals surface area contributed by atoms with Crippen molar-refractivity contribution in [3.63, 3.8) is 0 Å². The molecule has 0 rings (SSSR count). The van der Waals surface area contributed by atoms with Gasteiger partial charge >= 0.3 is 6.09 Å². The molecule has 0 saturated heterocycles. The molecule has 0 radical (unpaired) electrons. The summed E-state index contributed by atoms with van der Waals surface area (Å²) in [6.07, 6.45) is 0.624. The fraction of sp³-hybridized carbons (Fsp3) is 0.800. The van der Waals surface area contributed by atoms with Crippen molar-refractivity contribution in [1.82, 2.24) is 10.6 Å². The lowest BCUT2D eigenvalue weighted by Crippen LogP contribution is -2.42. The van der Waals surface area contributed by atoms with E-state index in [1.54, 1.807) is 20.8 Å². The number of nitrogens with one attached hydrogen (secondary N) is 2. The van der Waals surface area contributed by atoms with Gasteiger partial charge in [-0.15, -0.1) is 0 Å². The standard InChI is InChI=1S/C15H32N6O4/c1-15(2,3)25-14(23)21-8-10-24-9-7-19-12(22)11(16)5-4-6-20-13(17)18/h11H,4-10,16H2,1-3H3,(H,19,22)(H,21,23)(H4,17,18,20)/t11-/m1/s1. The Morgan fingerprint density at radius 3 is 2.28 bits per heavy atom.